The molecule has 0 radical (unpaired) electrons. The van der Waals surface area contributed by atoms with Crippen LogP contribution in [0.4, 0.5) is 10.1 Å². The number of phenolic OH excluding ortho intramolecular Hbond substituents is 1. The van der Waals surface area contributed by atoms with Crippen molar-refractivity contribution in [1.29, 1.82) is 0 Å². The van der Waals surface area contributed by atoms with E-state index in [0.29, 0.717) is 16.3 Å². The monoisotopic (exact) mass is 506 g/mol. The van der Waals surface area contributed by atoms with Crippen molar-refractivity contribution in [1.82, 2.24) is 14.3 Å². The Balaban J connectivity index is 1.64. The van der Waals surface area contributed by atoms with Crippen molar-refractivity contribution in [3.05, 3.63) is 96.1 Å². The van der Waals surface area contributed by atoms with Gasteiger partial charge in [-0.05, 0) is 35.4 Å². The van der Waals surface area contributed by atoms with E-state index in [4.69, 9.17) is 0 Å². The maximum Gasteiger partial charge on any atom is 0.301 e. The van der Waals surface area contributed by atoms with Crippen LogP contribution in [-0.4, -0.2) is 35.2 Å². The summed E-state index contributed by atoms with van der Waals surface area (Å²) in [5.41, 5.74) is 1.90. The molecule has 0 spiro atoms. The van der Waals surface area contributed by atoms with Gasteiger partial charge in [0.15, 0.2) is 5.75 Å². The summed E-state index contributed by atoms with van der Waals surface area (Å²) in [7, 11) is -2.63. The van der Waals surface area contributed by atoms with Crippen molar-refractivity contribution in [2.24, 2.45) is 0 Å². The molecule has 3 N–H and O–H groups in total. The number of nitrogens with zero attached hydrogens (tertiary/aromatic N) is 3. The average Bonchev–Trinajstić information content (AvgIpc) is 3.20. The lowest BCUT2D eigenvalue weighted by Crippen LogP contribution is -2.38. The van der Waals surface area contributed by atoms with E-state index in [0.717, 1.165) is 9.87 Å². The second kappa shape index (κ2) is 9.14. The van der Waals surface area contributed by atoms with Crippen molar-refractivity contribution < 1.29 is 23.0 Å². The summed E-state index contributed by atoms with van der Waals surface area (Å²) in [6, 6.07) is 18.2. The van der Waals surface area contributed by atoms with Crippen LogP contribution in [0.3, 0.4) is 0 Å². The quantitative estimate of drug-likeness (QED) is 0.306. The van der Waals surface area contributed by atoms with E-state index in [1.165, 1.54) is 29.9 Å². The molecule has 5 rings (SSSR count). The predicted molar refractivity (Wildman–Crippen MR) is 137 cm³/mol. The van der Waals surface area contributed by atoms with E-state index >= 15 is 0 Å². The zero-order valence-corrected chi connectivity index (χ0v) is 20.1. The fourth-order valence-electron chi connectivity index (χ4n) is 4.24. The molecule has 0 saturated carbocycles. The Kier molecular flexibility index (Phi) is 5.99. The summed E-state index contributed by atoms with van der Waals surface area (Å²) >= 11 is 0. The van der Waals surface area contributed by atoms with E-state index in [9.17, 15) is 23.0 Å². The van der Waals surface area contributed by atoms with Crippen LogP contribution in [0.15, 0.2) is 79.1 Å². The summed E-state index contributed by atoms with van der Waals surface area (Å²) in [5.74, 6) is -0.904. The smallest absolute Gasteiger partial charge is 0.301 e. The van der Waals surface area contributed by atoms with Crippen molar-refractivity contribution in [2.45, 2.75) is 13.1 Å². The highest BCUT2D eigenvalue weighted by atomic mass is 32.2. The van der Waals surface area contributed by atoms with Gasteiger partial charge in [0.2, 0.25) is 5.88 Å². The summed E-state index contributed by atoms with van der Waals surface area (Å²) in [4.78, 5) is 4.24. The molecule has 0 unspecified atom stereocenters. The number of hydrogen-bond donors (Lipinski definition) is 3. The number of anilines is 1. The Bertz CT molecular complexity index is 1670. The second-order valence-electron chi connectivity index (χ2n) is 8.37. The van der Waals surface area contributed by atoms with E-state index in [2.05, 4.69) is 9.71 Å². The van der Waals surface area contributed by atoms with Crippen LogP contribution in [0, 0.1) is 5.82 Å². The van der Waals surface area contributed by atoms with Crippen molar-refractivity contribution in [3.8, 4) is 11.6 Å². The van der Waals surface area contributed by atoms with Crippen LogP contribution >= 0.6 is 0 Å². The molecule has 0 bridgehead atoms. The number of benzene rings is 3. The number of pyridine rings is 1. The third-order valence-electron chi connectivity index (χ3n) is 6.07. The highest BCUT2D eigenvalue weighted by Gasteiger charge is 2.27. The highest BCUT2D eigenvalue weighted by Crippen LogP contribution is 2.46. The maximum absolute atomic E-state index is 13.3. The number of nitrogens with one attached hydrogen (secondary N) is 1. The van der Waals surface area contributed by atoms with Crippen LogP contribution < -0.4 is 9.03 Å². The van der Waals surface area contributed by atoms with Crippen LogP contribution in [0.2, 0.25) is 0 Å². The van der Waals surface area contributed by atoms with Gasteiger partial charge in [0, 0.05) is 36.8 Å². The number of hydrogen-bond acceptors (Lipinski definition) is 5. The minimum absolute atomic E-state index is 0.0726. The van der Waals surface area contributed by atoms with E-state index in [-0.39, 0.29) is 47.1 Å². The Hall–Kier alpha value is -4.15. The van der Waals surface area contributed by atoms with Crippen LogP contribution in [-0.2, 0) is 23.3 Å². The normalized spacial score (nSPS) is 11.8. The molecule has 184 valence electrons. The number of halogens is 1. The van der Waals surface area contributed by atoms with E-state index < -0.39 is 10.2 Å². The Morgan fingerprint density at radius 3 is 2.42 bits per heavy atom. The molecule has 0 saturated heterocycles. The molecule has 0 atom stereocenters. The van der Waals surface area contributed by atoms with Gasteiger partial charge < -0.3 is 14.8 Å². The van der Waals surface area contributed by atoms with Gasteiger partial charge in [-0.2, -0.15) is 13.1 Å². The maximum atomic E-state index is 13.3. The third-order valence-corrected chi connectivity index (χ3v) is 7.48. The van der Waals surface area contributed by atoms with Crippen molar-refractivity contribution in [3.63, 3.8) is 0 Å². The fraction of sp³-hybridized carbons (Fsp3) is 0.115. The van der Waals surface area contributed by atoms with E-state index in [1.54, 1.807) is 30.5 Å². The molecule has 3 aromatic carbocycles. The Labute approximate surface area is 207 Å². The molecule has 10 heteroatoms. The molecule has 0 aliphatic carbocycles. The van der Waals surface area contributed by atoms with Crippen LogP contribution in [0.5, 0.6) is 11.6 Å². The topological polar surface area (TPSA) is 108 Å². The molecule has 8 nitrogen and oxygen atoms in total. The second-order valence-corrected chi connectivity index (χ2v) is 10.2. The zero-order chi connectivity index (χ0) is 25.4. The van der Waals surface area contributed by atoms with Gasteiger partial charge in [0.05, 0.1) is 17.6 Å². The minimum Gasteiger partial charge on any atom is -0.505 e. The highest BCUT2D eigenvalue weighted by molar-refractivity contribution is 7.90. The van der Waals surface area contributed by atoms with Gasteiger partial charge in [0.25, 0.3) is 0 Å². The molecule has 36 heavy (non-hydrogen) atoms. The van der Waals surface area contributed by atoms with Crippen LogP contribution in [0.1, 0.15) is 11.1 Å². The summed E-state index contributed by atoms with van der Waals surface area (Å²) in [6.07, 6.45) is 3.05. The predicted octanol–water partition coefficient (Wildman–Crippen LogP) is 4.26. The summed E-state index contributed by atoms with van der Waals surface area (Å²) in [5, 5.41) is 22.8. The lowest BCUT2D eigenvalue weighted by molar-refractivity contribution is 0.425. The number of rotatable bonds is 7. The van der Waals surface area contributed by atoms with Gasteiger partial charge in [-0.15, -0.1) is 0 Å². The summed E-state index contributed by atoms with van der Waals surface area (Å²) < 4.78 is 45.1. The molecule has 0 aliphatic rings. The Morgan fingerprint density at radius 1 is 0.972 bits per heavy atom. The Morgan fingerprint density at radius 2 is 1.69 bits per heavy atom. The third kappa shape index (κ3) is 4.21. The molecule has 2 aromatic heterocycles. The summed E-state index contributed by atoms with van der Waals surface area (Å²) in [6.45, 7) is 0.258. The number of phenols is 1. The first-order valence-corrected chi connectivity index (χ1v) is 12.5. The van der Waals surface area contributed by atoms with Gasteiger partial charge >= 0.3 is 10.2 Å². The lowest BCUT2D eigenvalue weighted by atomic mass is 10.1. The molecule has 0 aliphatic heterocycles. The molecule has 0 fully saturated rings. The van der Waals surface area contributed by atoms with Crippen molar-refractivity contribution >= 4 is 37.6 Å². The molecule has 5 aromatic rings. The first-order chi connectivity index (χ1) is 17.3. The molecular formula is C26H23FN4O4S. The van der Waals surface area contributed by atoms with Gasteiger partial charge in [-0.25, -0.2) is 4.39 Å². The number of fused-ring (bicyclic) bond motifs is 2. The average molecular weight is 507 g/mol. The standard InChI is InChI=1S/C26H23FN4O4S/c1-30(36(34,35)29-14-17-6-3-2-4-7-17)24-20-8-5-13-28-23(20)25(32)22-21(24)16-31(26(22)33)15-18-9-11-19(27)12-10-18/h2-13,16,29,32-33H,14-15H2,1H3. The first-order valence-electron chi connectivity index (χ1n) is 11.1. The number of aromatic hydroxyl groups is 2. The van der Waals surface area contributed by atoms with Gasteiger partial charge in [-0.1, -0.05) is 42.5 Å². The molecular weight excluding hydrogens is 483 g/mol. The van der Waals surface area contributed by atoms with Gasteiger partial charge in [0.1, 0.15) is 11.3 Å². The van der Waals surface area contributed by atoms with E-state index in [1.807, 2.05) is 30.3 Å². The first kappa shape index (κ1) is 23.6. The number of aromatic nitrogens is 2. The minimum atomic E-state index is -4.03. The largest absolute Gasteiger partial charge is 0.505 e. The van der Waals surface area contributed by atoms with Crippen LogP contribution in [0.25, 0.3) is 21.7 Å². The molecule has 2 heterocycles. The van der Waals surface area contributed by atoms with Gasteiger partial charge in [-0.3, -0.25) is 9.29 Å². The lowest BCUT2D eigenvalue weighted by Gasteiger charge is -2.23. The SMILES string of the molecule is CN(c1c2cccnc2c(O)c2c(O)n(Cc3ccc(F)cc3)cc12)S(=O)(=O)NCc1ccccc1. The van der Waals surface area contributed by atoms with Crippen molar-refractivity contribution in [2.75, 3.05) is 11.4 Å². The molecule has 0 amide bonds. The fourth-order valence-corrected chi connectivity index (χ4v) is 5.22. The zero-order valence-electron chi connectivity index (χ0n) is 19.3.